The van der Waals surface area contributed by atoms with Gasteiger partial charge in [0.15, 0.2) is 0 Å². The van der Waals surface area contributed by atoms with Crippen molar-refractivity contribution >= 4 is 14.8 Å². The van der Waals surface area contributed by atoms with Crippen molar-refractivity contribution in [1.82, 2.24) is 0 Å². The Hall–Kier alpha value is -0.100. The molecule has 0 rings (SSSR count). The summed E-state index contributed by atoms with van der Waals surface area (Å²) in [6.45, 7) is 3.61. The molecule has 0 amide bonds. The second kappa shape index (κ2) is 4.07. The average molecular weight is 120 g/mol. The van der Waals surface area contributed by atoms with E-state index in [9.17, 15) is 4.79 Å². The predicted molar refractivity (Wildman–Crippen MR) is 30.6 cm³/mol. The fraction of sp³-hybridized carbons (Fsp3) is 0.750. The highest BCUT2D eigenvalue weighted by molar-refractivity contribution is 7.31. The minimum absolute atomic E-state index is 0.110. The van der Waals surface area contributed by atoms with Gasteiger partial charge in [-0.25, -0.2) is 0 Å². The van der Waals surface area contributed by atoms with Gasteiger partial charge in [0.05, 0.1) is 8.81 Å². The van der Waals surface area contributed by atoms with Crippen LogP contribution in [0.4, 0.5) is 0 Å². The lowest BCUT2D eigenvalue weighted by atomic mass is 10.5. The van der Waals surface area contributed by atoms with Crippen molar-refractivity contribution in [3.63, 3.8) is 0 Å². The van der Waals surface area contributed by atoms with Crippen LogP contribution < -0.4 is 0 Å². The zero-order valence-corrected chi connectivity index (χ0v) is 5.52. The molecule has 7 heavy (non-hydrogen) atoms. The quantitative estimate of drug-likeness (QED) is 0.511. The van der Waals surface area contributed by atoms with Crippen LogP contribution in [-0.4, -0.2) is 12.6 Å². The number of hydrogen-bond acceptors (Lipinski definition) is 2. The number of carbonyl (C=O) groups is 1. The molecule has 0 aromatic rings. The van der Waals surface area contributed by atoms with E-state index in [2.05, 4.69) is 4.52 Å². The van der Waals surface area contributed by atoms with Gasteiger partial charge in [0.1, 0.15) is 0 Å². The van der Waals surface area contributed by atoms with Gasteiger partial charge >= 0.3 is 5.97 Å². The van der Waals surface area contributed by atoms with Crippen LogP contribution in [-0.2, 0) is 9.32 Å². The van der Waals surface area contributed by atoms with Crippen LogP contribution in [0.3, 0.4) is 0 Å². The summed E-state index contributed by atoms with van der Waals surface area (Å²) in [7, 11) is 0.295. The summed E-state index contributed by atoms with van der Waals surface area (Å²) in [5.41, 5.74) is 0. The molecule has 0 radical (unpaired) electrons. The molecule has 0 aromatic heterocycles. The Labute approximate surface area is 45.1 Å². The normalized spacial score (nSPS) is 10.0. The SMILES string of the molecule is CCC(=O)OPC. The van der Waals surface area contributed by atoms with Crippen LogP contribution in [0.5, 0.6) is 0 Å². The van der Waals surface area contributed by atoms with Crippen LogP contribution in [0.15, 0.2) is 0 Å². The molecule has 0 aromatic carbocycles. The fourth-order valence-electron chi connectivity index (χ4n) is 0.186. The second-order valence-corrected chi connectivity index (χ2v) is 1.64. The molecule has 0 aliphatic carbocycles. The Balaban J connectivity index is 3.00. The maximum atomic E-state index is 10.2. The minimum Gasteiger partial charge on any atom is -0.449 e. The minimum atomic E-state index is -0.110. The Morgan fingerprint density at radius 3 is 2.57 bits per heavy atom. The summed E-state index contributed by atoms with van der Waals surface area (Å²) < 4.78 is 4.58. The molecule has 0 spiro atoms. The first-order chi connectivity index (χ1) is 3.31. The average Bonchev–Trinajstić information content (AvgIpc) is 1.68. The highest BCUT2D eigenvalue weighted by Crippen LogP contribution is 2.04. The van der Waals surface area contributed by atoms with Crippen LogP contribution in [0.1, 0.15) is 13.3 Å². The standard InChI is InChI=1S/C4H9O2P/c1-3-4(5)6-7-2/h7H,3H2,1-2H3. The van der Waals surface area contributed by atoms with Crippen molar-refractivity contribution in [3.05, 3.63) is 0 Å². The highest BCUT2D eigenvalue weighted by atomic mass is 31.1. The van der Waals surface area contributed by atoms with E-state index in [1.54, 1.807) is 6.92 Å². The van der Waals surface area contributed by atoms with E-state index in [1.165, 1.54) is 0 Å². The zero-order chi connectivity index (χ0) is 5.70. The zero-order valence-electron chi connectivity index (χ0n) is 4.52. The predicted octanol–water partition coefficient (Wildman–Crippen LogP) is 1.16. The molecule has 0 heterocycles. The fourth-order valence-corrected chi connectivity index (χ4v) is 0.558. The Morgan fingerprint density at radius 1 is 1.86 bits per heavy atom. The van der Waals surface area contributed by atoms with Crippen LogP contribution in [0, 0.1) is 0 Å². The number of carbonyl (C=O) groups excluding carboxylic acids is 1. The van der Waals surface area contributed by atoms with E-state index in [0.29, 0.717) is 15.2 Å². The van der Waals surface area contributed by atoms with Gasteiger partial charge in [-0.05, 0) is 6.66 Å². The van der Waals surface area contributed by atoms with Gasteiger partial charge in [-0.2, -0.15) is 0 Å². The maximum absolute atomic E-state index is 10.2. The number of rotatable bonds is 2. The van der Waals surface area contributed by atoms with E-state index < -0.39 is 0 Å². The van der Waals surface area contributed by atoms with E-state index in [-0.39, 0.29) is 5.97 Å². The molecule has 0 saturated heterocycles. The first-order valence-corrected chi connectivity index (χ1v) is 3.58. The summed E-state index contributed by atoms with van der Waals surface area (Å²) in [4.78, 5) is 10.2. The summed E-state index contributed by atoms with van der Waals surface area (Å²) in [6.07, 6.45) is 0.487. The molecule has 0 fully saturated rings. The lowest BCUT2D eigenvalue weighted by Gasteiger charge is -1.93. The summed E-state index contributed by atoms with van der Waals surface area (Å²) in [5.74, 6) is -0.110. The molecule has 42 valence electrons. The molecular formula is C4H9O2P. The maximum Gasteiger partial charge on any atom is 0.307 e. The lowest BCUT2D eigenvalue weighted by molar-refractivity contribution is -0.133. The smallest absolute Gasteiger partial charge is 0.307 e. The molecule has 0 aliphatic rings. The highest BCUT2D eigenvalue weighted by Gasteiger charge is 1.91. The lowest BCUT2D eigenvalue weighted by Crippen LogP contribution is -1.91. The van der Waals surface area contributed by atoms with Crippen LogP contribution in [0.25, 0.3) is 0 Å². The van der Waals surface area contributed by atoms with Crippen molar-refractivity contribution in [3.8, 4) is 0 Å². The third kappa shape index (κ3) is 3.74. The number of hydrogen-bond donors (Lipinski definition) is 0. The van der Waals surface area contributed by atoms with Gasteiger partial charge in [0, 0.05) is 6.42 Å². The molecule has 0 saturated carbocycles. The van der Waals surface area contributed by atoms with Crippen molar-refractivity contribution in [1.29, 1.82) is 0 Å². The molecule has 2 nitrogen and oxygen atoms in total. The molecule has 0 aliphatic heterocycles. The summed E-state index contributed by atoms with van der Waals surface area (Å²) in [5, 5.41) is 0. The van der Waals surface area contributed by atoms with Crippen LogP contribution in [0.2, 0.25) is 0 Å². The van der Waals surface area contributed by atoms with E-state index in [1.807, 2.05) is 6.66 Å². The summed E-state index contributed by atoms with van der Waals surface area (Å²) >= 11 is 0. The third-order valence-corrected chi connectivity index (χ3v) is 0.936. The van der Waals surface area contributed by atoms with Crippen molar-refractivity contribution in [2.24, 2.45) is 0 Å². The van der Waals surface area contributed by atoms with E-state index >= 15 is 0 Å². The first-order valence-electron chi connectivity index (χ1n) is 2.17. The van der Waals surface area contributed by atoms with Gasteiger partial charge < -0.3 is 4.52 Å². The molecule has 0 N–H and O–H groups in total. The molecule has 0 bridgehead atoms. The van der Waals surface area contributed by atoms with Gasteiger partial charge in [0.2, 0.25) is 0 Å². The van der Waals surface area contributed by atoms with Gasteiger partial charge in [-0.1, -0.05) is 6.92 Å². The van der Waals surface area contributed by atoms with Crippen molar-refractivity contribution in [2.45, 2.75) is 13.3 Å². The molecule has 1 unspecified atom stereocenters. The van der Waals surface area contributed by atoms with Crippen molar-refractivity contribution < 1.29 is 9.32 Å². The first kappa shape index (κ1) is 6.90. The van der Waals surface area contributed by atoms with Gasteiger partial charge in [-0.15, -0.1) is 0 Å². The van der Waals surface area contributed by atoms with E-state index in [4.69, 9.17) is 0 Å². The topological polar surface area (TPSA) is 26.3 Å². The Bertz CT molecular complexity index is 62.7. The molecule has 1 atom stereocenters. The van der Waals surface area contributed by atoms with Gasteiger partial charge in [0.25, 0.3) is 0 Å². The molecule has 3 heteroatoms. The second-order valence-electron chi connectivity index (χ2n) is 1.03. The van der Waals surface area contributed by atoms with Crippen LogP contribution >= 0.6 is 8.81 Å². The van der Waals surface area contributed by atoms with Crippen molar-refractivity contribution in [2.75, 3.05) is 6.66 Å². The Morgan fingerprint density at radius 2 is 2.43 bits per heavy atom. The molecular weight excluding hydrogens is 111 g/mol. The Kier molecular flexibility index (Phi) is 4.01. The summed E-state index contributed by atoms with van der Waals surface area (Å²) in [6, 6.07) is 0. The van der Waals surface area contributed by atoms with E-state index in [0.717, 1.165) is 0 Å². The monoisotopic (exact) mass is 120 g/mol. The van der Waals surface area contributed by atoms with Gasteiger partial charge in [-0.3, -0.25) is 4.79 Å². The third-order valence-electron chi connectivity index (χ3n) is 0.505. The largest absolute Gasteiger partial charge is 0.449 e.